The third-order valence-electron chi connectivity index (χ3n) is 7.06. The first-order valence-electron chi connectivity index (χ1n) is 13.1. The van der Waals surface area contributed by atoms with Crippen LogP contribution in [0.25, 0.3) is 5.70 Å². The Hall–Kier alpha value is -3.32. The van der Waals surface area contributed by atoms with Gasteiger partial charge in [-0.2, -0.15) is 0 Å². The molecule has 0 radical (unpaired) electrons. The molecule has 2 aromatic carbocycles. The number of amides is 1. The van der Waals surface area contributed by atoms with Gasteiger partial charge in [0.15, 0.2) is 5.17 Å². The highest BCUT2D eigenvalue weighted by molar-refractivity contribution is 8.16. The largest absolute Gasteiger partial charge is 0.463 e. The van der Waals surface area contributed by atoms with Gasteiger partial charge in [-0.3, -0.25) is 4.79 Å². The van der Waals surface area contributed by atoms with Gasteiger partial charge < -0.3 is 14.5 Å². The van der Waals surface area contributed by atoms with E-state index >= 15 is 0 Å². The van der Waals surface area contributed by atoms with Crippen molar-refractivity contribution in [1.29, 1.82) is 0 Å². The van der Waals surface area contributed by atoms with E-state index in [-0.39, 0.29) is 24.9 Å². The molecule has 1 fully saturated rings. The summed E-state index contributed by atoms with van der Waals surface area (Å²) in [6.07, 6.45) is 2.39. The Morgan fingerprint density at radius 3 is 2.41 bits per heavy atom. The third kappa shape index (κ3) is 5.10. The Labute approximate surface area is 223 Å². The van der Waals surface area contributed by atoms with E-state index in [1.165, 1.54) is 17.3 Å². The monoisotopic (exact) mass is 515 g/mol. The molecule has 1 unspecified atom stereocenters. The molecule has 3 heterocycles. The number of fused-ring (bicyclic) bond motifs is 1. The summed E-state index contributed by atoms with van der Waals surface area (Å²) in [7, 11) is 0. The Morgan fingerprint density at radius 1 is 1.05 bits per heavy atom. The quantitative estimate of drug-likeness (QED) is 0.417. The number of esters is 1. The Bertz CT molecular complexity index is 1260. The van der Waals surface area contributed by atoms with E-state index in [9.17, 15) is 9.59 Å². The van der Waals surface area contributed by atoms with Gasteiger partial charge in [0.25, 0.3) is 0 Å². The molecule has 192 valence electrons. The van der Waals surface area contributed by atoms with E-state index < -0.39 is 6.04 Å². The summed E-state index contributed by atoms with van der Waals surface area (Å²) in [5.41, 5.74) is 5.05. The molecule has 37 heavy (non-hydrogen) atoms. The van der Waals surface area contributed by atoms with Crippen LogP contribution in [-0.2, 0) is 14.3 Å². The maximum absolute atomic E-state index is 13.6. The molecule has 1 saturated heterocycles. The van der Waals surface area contributed by atoms with Gasteiger partial charge in [-0.15, -0.1) is 0 Å². The lowest BCUT2D eigenvalue weighted by Gasteiger charge is -2.37. The number of hydrogen-bond donors (Lipinski definition) is 0. The van der Waals surface area contributed by atoms with Crippen molar-refractivity contribution in [2.45, 2.75) is 52.0 Å². The zero-order valence-electron chi connectivity index (χ0n) is 21.6. The van der Waals surface area contributed by atoms with Crippen LogP contribution in [0.3, 0.4) is 0 Å². The summed E-state index contributed by atoms with van der Waals surface area (Å²) in [6, 6.07) is 17.8. The molecule has 5 rings (SSSR count). The fraction of sp³-hybridized carbons (Fsp3) is 0.367. The lowest BCUT2D eigenvalue weighted by atomic mass is 9.90. The van der Waals surface area contributed by atoms with Crippen molar-refractivity contribution in [3.63, 3.8) is 0 Å². The van der Waals surface area contributed by atoms with Crippen LogP contribution < -0.4 is 0 Å². The lowest BCUT2D eigenvalue weighted by Crippen LogP contribution is -2.38. The first kappa shape index (κ1) is 25.3. The normalized spacial score (nSPS) is 19.2. The number of nitrogens with zero attached hydrogens (tertiary/aromatic N) is 3. The molecule has 0 N–H and O–H groups in total. The van der Waals surface area contributed by atoms with Gasteiger partial charge in [0.05, 0.1) is 30.3 Å². The van der Waals surface area contributed by atoms with E-state index in [0.29, 0.717) is 17.2 Å². The molecule has 7 heteroatoms. The van der Waals surface area contributed by atoms with Crippen LogP contribution in [0.5, 0.6) is 0 Å². The van der Waals surface area contributed by atoms with Crippen LogP contribution in [0.1, 0.15) is 68.7 Å². The predicted molar refractivity (Wildman–Crippen MR) is 149 cm³/mol. The molecule has 0 aromatic heterocycles. The van der Waals surface area contributed by atoms with E-state index in [2.05, 4.69) is 43.0 Å². The zero-order chi connectivity index (χ0) is 25.9. The summed E-state index contributed by atoms with van der Waals surface area (Å²) >= 11 is 1.51. The molecule has 6 nitrogen and oxygen atoms in total. The number of benzene rings is 2. The zero-order valence-corrected chi connectivity index (χ0v) is 22.5. The molecule has 2 aromatic rings. The average Bonchev–Trinajstić information content (AvgIpc) is 3.59. The number of hydrogen-bond acceptors (Lipinski definition) is 6. The molecule has 0 bridgehead atoms. The molecular weight excluding hydrogens is 482 g/mol. The highest BCUT2D eigenvalue weighted by Gasteiger charge is 2.42. The summed E-state index contributed by atoms with van der Waals surface area (Å²) in [6.45, 7) is 8.04. The predicted octanol–water partition coefficient (Wildman–Crippen LogP) is 6.10. The van der Waals surface area contributed by atoms with E-state index in [4.69, 9.17) is 9.73 Å². The van der Waals surface area contributed by atoms with Crippen molar-refractivity contribution in [3.05, 3.63) is 88.0 Å². The Kier molecular flexibility index (Phi) is 7.51. The number of thioether (sulfide) groups is 1. The van der Waals surface area contributed by atoms with Crippen molar-refractivity contribution in [1.82, 2.24) is 9.80 Å². The third-order valence-corrected chi connectivity index (χ3v) is 7.95. The molecule has 1 atom stereocenters. The van der Waals surface area contributed by atoms with Crippen LogP contribution in [0.4, 0.5) is 0 Å². The molecule has 1 amide bonds. The van der Waals surface area contributed by atoms with Crippen molar-refractivity contribution >= 4 is 34.5 Å². The maximum atomic E-state index is 13.6. The number of ether oxygens (including phenoxy) is 1. The van der Waals surface area contributed by atoms with Gasteiger partial charge in [0.2, 0.25) is 5.91 Å². The SMILES string of the molecule is CCOC(=O)C1=C(c2ccccc2)N=C2SC=C(CC(=O)N3CCCC3)N2C1c1ccc(C(C)C)cc1. The fourth-order valence-corrected chi connectivity index (χ4v) is 6.02. The van der Waals surface area contributed by atoms with Crippen LogP contribution >= 0.6 is 11.8 Å². The average molecular weight is 516 g/mol. The van der Waals surface area contributed by atoms with Crippen molar-refractivity contribution < 1.29 is 14.3 Å². The summed E-state index contributed by atoms with van der Waals surface area (Å²) in [4.78, 5) is 35.7. The Morgan fingerprint density at radius 2 is 1.76 bits per heavy atom. The van der Waals surface area contributed by atoms with Gasteiger partial charge in [0.1, 0.15) is 0 Å². The smallest absolute Gasteiger partial charge is 0.338 e. The summed E-state index contributed by atoms with van der Waals surface area (Å²) in [5.74, 6) is 0.132. The number of rotatable bonds is 7. The molecule has 0 aliphatic carbocycles. The molecule has 0 saturated carbocycles. The number of aliphatic imine (C=N–C) groups is 1. The second kappa shape index (κ2) is 11.0. The van der Waals surface area contributed by atoms with Crippen LogP contribution in [0.15, 0.2) is 76.3 Å². The summed E-state index contributed by atoms with van der Waals surface area (Å²) < 4.78 is 5.60. The molecular formula is C30H33N3O3S. The minimum atomic E-state index is -0.449. The van der Waals surface area contributed by atoms with Gasteiger partial charge >= 0.3 is 5.97 Å². The van der Waals surface area contributed by atoms with Gasteiger partial charge in [-0.1, -0.05) is 80.2 Å². The second-order valence-electron chi connectivity index (χ2n) is 9.83. The molecule has 3 aliphatic rings. The fourth-order valence-electron chi connectivity index (χ4n) is 5.10. The van der Waals surface area contributed by atoms with E-state index in [1.807, 2.05) is 47.6 Å². The van der Waals surface area contributed by atoms with Crippen molar-refractivity contribution in [2.75, 3.05) is 19.7 Å². The second-order valence-corrected chi connectivity index (χ2v) is 10.7. The minimum absolute atomic E-state index is 0.120. The first-order valence-corrected chi connectivity index (χ1v) is 13.9. The van der Waals surface area contributed by atoms with Gasteiger partial charge in [-0.05, 0) is 42.2 Å². The standard InChI is InChI=1S/C30H33N3O3S/c1-4-36-29(35)26-27(22-10-6-5-7-11-22)31-30-33(28(26)23-14-12-21(13-15-23)20(2)3)24(19-37-30)18-25(34)32-16-8-9-17-32/h5-7,10-15,19-20,28H,4,8-9,16-18H2,1-3H3. The van der Waals surface area contributed by atoms with Crippen molar-refractivity contribution in [2.24, 2.45) is 4.99 Å². The van der Waals surface area contributed by atoms with Crippen molar-refractivity contribution in [3.8, 4) is 0 Å². The van der Waals surface area contributed by atoms with Gasteiger partial charge in [-0.25, -0.2) is 9.79 Å². The van der Waals surface area contributed by atoms with Crippen LogP contribution in [0.2, 0.25) is 0 Å². The van der Waals surface area contributed by atoms with Gasteiger partial charge in [0, 0.05) is 24.4 Å². The summed E-state index contributed by atoms with van der Waals surface area (Å²) in [5, 5.41) is 2.79. The molecule has 0 spiro atoms. The highest BCUT2D eigenvalue weighted by atomic mass is 32.2. The van der Waals surface area contributed by atoms with E-state index in [1.54, 1.807) is 0 Å². The topological polar surface area (TPSA) is 62.2 Å². The number of amidine groups is 1. The Balaban J connectivity index is 1.62. The lowest BCUT2D eigenvalue weighted by molar-refractivity contribution is -0.139. The maximum Gasteiger partial charge on any atom is 0.338 e. The highest BCUT2D eigenvalue weighted by Crippen LogP contribution is 2.47. The number of carbonyl (C=O) groups is 2. The minimum Gasteiger partial charge on any atom is -0.463 e. The number of likely N-dealkylation sites (tertiary alicyclic amines) is 1. The number of carbonyl (C=O) groups excluding carboxylic acids is 2. The van der Waals surface area contributed by atoms with Crippen LogP contribution in [0, 0.1) is 0 Å². The molecule has 3 aliphatic heterocycles. The first-order chi connectivity index (χ1) is 18.0. The van der Waals surface area contributed by atoms with E-state index in [0.717, 1.165) is 47.9 Å². The van der Waals surface area contributed by atoms with Crippen LogP contribution in [-0.4, -0.2) is 46.5 Å².